The molecule has 1 aromatic carbocycles. The molecule has 2 rings (SSSR count). The fraction of sp³-hybridized carbons (Fsp3) is 0.200. The van der Waals surface area contributed by atoms with Gasteiger partial charge in [-0.3, -0.25) is 14.5 Å². The van der Waals surface area contributed by atoms with E-state index in [1.165, 1.54) is 0 Å². The van der Waals surface area contributed by atoms with Crippen molar-refractivity contribution in [2.75, 3.05) is 11.4 Å². The normalized spacial score (nSPS) is 16.1. The Bertz CT molecular complexity index is 467. The highest BCUT2D eigenvalue weighted by Crippen LogP contribution is 2.28. The van der Waals surface area contributed by atoms with Crippen molar-refractivity contribution in [3.63, 3.8) is 0 Å². The predicted octanol–water partition coefficient (Wildman–Crippen LogP) is 1.88. The minimum Gasteiger partial charge on any atom is -0.299 e. The van der Waals surface area contributed by atoms with E-state index in [0.29, 0.717) is 3.57 Å². The highest BCUT2D eigenvalue weighted by atomic mass is 127. The highest BCUT2D eigenvalue weighted by Gasteiger charge is 2.32. The van der Waals surface area contributed by atoms with Crippen molar-refractivity contribution in [1.82, 2.24) is 0 Å². The summed E-state index contributed by atoms with van der Waals surface area (Å²) in [5.41, 5.74) is -0.434. The second kappa shape index (κ2) is 4.08. The van der Waals surface area contributed by atoms with Gasteiger partial charge in [-0.2, -0.15) is 0 Å². The Kier molecular flexibility index (Phi) is 2.92. The van der Waals surface area contributed by atoms with Gasteiger partial charge in [0.1, 0.15) is 5.69 Å². The fourth-order valence-corrected chi connectivity index (χ4v) is 2.13. The Morgan fingerprint density at radius 1 is 1.19 bits per heavy atom. The Balaban J connectivity index is 2.48. The number of halogens is 3. The molecule has 84 valence electrons. The SMILES string of the molecule is O=C1CC(=O)N(c2c(F)cc(I)cc2F)C1. The van der Waals surface area contributed by atoms with Crippen molar-refractivity contribution in [2.45, 2.75) is 6.42 Å². The first-order valence-electron chi connectivity index (χ1n) is 4.45. The van der Waals surface area contributed by atoms with Gasteiger partial charge in [-0.1, -0.05) is 0 Å². The molecule has 0 spiro atoms. The Morgan fingerprint density at radius 3 is 2.19 bits per heavy atom. The van der Waals surface area contributed by atoms with Gasteiger partial charge in [-0.15, -0.1) is 0 Å². The largest absolute Gasteiger partial charge is 0.299 e. The molecule has 0 aliphatic carbocycles. The van der Waals surface area contributed by atoms with Gasteiger partial charge in [-0.05, 0) is 34.7 Å². The van der Waals surface area contributed by atoms with E-state index in [0.717, 1.165) is 17.0 Å². The van der Waals surface area contributed by atoms with Crippen molar-refractivity contribution in [2.24, 2.45) is 0 Å². The monoisotopic (exact) mass is 337 g/mol. The molecule has 1 saturated heterocycles. The summed E-state index contributed by atoms with van der Waals surface area (Å²) in [5.74, 6) is -2.55. The summed E-state index contributed by atoms with van der Waals surface area (Å²) >= 11 is 1.77. The Morgan fingerprint density at radius 2 is 1.75 bits per heavy atom. The molecule has 0 saturated carbocycles. The average molecular weight is 337 g/mol. The van der Waals surface area contributed by atoms with Crippen LogP contribution in [0.5, 0.6) is 0 Å². The number of carbonyl (C=O) groups is 2. The predicted molar refractivity (Wildman–Crippen MR) is 61.1 cm³/mol. The van der Waals surface area contributed by atoms with Gasteiger partial charge < -0.3 is 0 Å². The van der Waals surface area contributed by atoms with Crippen molar-refractivity contribution < 1.29 is 18.4 Å². The van der Waals surface area contributed by atoms with Crippen molar-refractivity contribution in [3.05, 3.63) is 27.3 Å². The van der Waals surface area contributed by atoms with Crippen LogP contribution in [0.25, 0.3) is 0 Å². The number of anilines is 1. The molecule has 0 radical (unpaired) electrons. The molecule has 1 aromatic rings. The number of amides is 1. The van der Waals surface area contributed by atoms with E-state index in [4.69, 9.17) is 0 Å². The number of hydrogen-bond donors (Lipinski definition) is 0. The van der Waals surface area contributed by atoms with Crippen LogP contribution >= 0.6 is 22.6 Å². The van der Waals surface area contributed by atoms with Crippen LogP contribution < -0.4 is 4.90 Å². The fourth-order valence-electron chi connectivity index (χ4n) is 1.58. The molecule has 6 heteroatoms. The number of rotatable bonds is 1. The summed E-state index contributed by atoms with van der Waals surface area (Å²) in [6, 6.07) is 2.24. The third-order valence-corrected chi connectivity index (χ3v) is 2.86. The second-order valence-corrected chi connectivity index (χ2v) is 4.66. The van der Waals surface area contributed by atoms with E-state index in [-0.39, 0.29) is 18.7 Å². The van der Waals surface area contributed by atoms with Crippen LogP contribution in [0.1, 0.15) is 6.42 Å². The van der Waals surface area contributed by atoms with Crippen molar-refractivity contribution in [1.29, 1.82) is 0 Å². The summed E-state index contributed by atoms with van der Waals surface area (Å²) in [5, 5.41) is 0. The van der Waals surface area contributed by atoms with Crippen LogP contribution in [0.2, 0.25) is 0 Å². The second-order valence-electron chi connectivity index (χ2n) is 3.41. The smallest absolute Gasteiger partial charge is 0.235 e. The first-order valence-corrected chi connectivity index (χ1v) is 5.53. The summed E-state index contributed by atoms with van der Waals surface area (Å²) < 4.78 is 27.4. The van der Waals surface area contributed by atoms with Gasteiger partial charge in [0.2, 0.25) is 5.91 Å². The summed E-state index contributed by atoms with van der Waals surface area (Å²) in [4.78, 5) is 23.2. The molecule has 1 aliphatic heterocycles. The summed E-state index contributed by atoms with van der Waals surface area (Å²) in [7, 11) is 0. The van der Waals surface area contributed by atoms with Crippen LogP contribution in [0.3, 0.4) is 0 Å². The van der Waals surface area contributed by atoms with Gasteiger partial charge in [0, 0.05) is 3.57 Å². The van der Waals surface area contributed by atoms with Gasteiger partial charge >= 0.3 is 0 Å². The van der Waals surface area contributed by atoms with E-state index in [9.17, 15) is 18.4 Å². The maximum Gasteiger partial charge on any atom is 0.235 e. The van der Waals surface area contributed by atoms with E-state index in [2.05, 4.69) is 0 Å². The number of benzene rings is 1. The van der Waals surface area contributed by atoms with Crippen LogP contribution in [0, 0.1) is 15.2 Å². The molecule has 1 aliphatic rings. The zero-order valence-electron chi connectivity index (χ0n) is 7.97. The van der Waals surface area contributed by atoms with Crippen LogP contribution in [0.15, 0.2) is 12.1 Å². The highest BCUT2D eigenvalue weighted by molar-refractivity contribution is 14.1. The van der Waals surface area contributed by atoms with E-state index >= 15 is 0 Å². The lowest BCUT2D eigenvalue weighted by Gasteiger charge is -2.16. The molecule has 0 unspecified atom stereocenters. The molecule has 0 N–H and O–H groups in total. The van der Waals surface area contributed by atoms with Crippen LogP contribution in [0.4, 0.5) is 14.5 Å². The van der Waals surface area contributed by atoms with Gasteiger partial charge in [-0.25, -0.2) is 8.78 Å². The molecule has 1 heterocycles. The minimum absolute atomic E-state index is 0.257. The third-order valence-electron chi connectivity index (χ3n) is 2.24. The van der Waals surface area contributed by atoms with Gasteiger partial charge in [0.15, 0.2) is 17.4 Å². The van der Waals surface area contributed by atoms with E-state index < -0.39 is 23.2 Å². The quantitative estimate of drug-likeness (QED) is 0.580. The van der Waals surface area contributed by atoms with Gasteiger partial charge in [0.25, 0.3) is 0 Å². The zero-order valence-corrected chi connectivity index (χ0v) is 10.1. The molecule has 0 aromatic heterocycles. The lowest BCUT2D eigenvalue weighted by Crippen LogP contribution is -2.26. The maximum atomic E-state index is 13.5. The third kappa shape index (κ3) is 1.93. The van der Waals surface area contributed by atoms with E-state index in [1.807, 2.05) is 0 Å². The summed E-state index contributed by atoms with van der Waals surface area (Å²) in [6.07, 6.45) is -0.287. The molecule has 1 amide bonds. The number of Topliss-reactive ketones (excluding diaryl/α,β-unsaturated/α-hetero) is 1. The molecular weight excluding hydrogens is 331 g/mol. The molecule has 0 bridgehead atoms. The first kappa shape index (κ1) is 11.4. The van der Waals surface area contributed by atoms with Gasteiger partial charge in [0.05, 0.1) is 13.0 Å². The topological polar surface area (TPSA) is 37.4 Å². The molecule has 16 heavy (non-hydrogen) atoms. The van der Waals surface area contributed by atoms with Crippen molar-refractivity contribution in [3.8, 4) is 0 Å². The molecular formula is C10H6F2INO2. The van der Waals surface area contributed by atoms with Crippen molar-refractivity contribution >= 4 is 40.0 Å². The molecule has 3 nitrogen and oxygen atoms in total. The Hall–Kier alpha value is -1.05. The van der Waals surface area contributed by atoms with Crippen LogP contribution in [-0.4, -0.2) is 18.2 Å². The Labute approximate surface area is 104 Å². The minimum atomic E-state index is -0.826. The summed E-state index contributed by atoms with van der Waals surface area (Å²) in [6.45, 7) is -0.257. The maximum absolute atomic E-state index is 13.5. The average Bonchev–Trinajstić information content (AvgIpc) is 2.43. The lowest BCUT2D eigenvalue weighted by molar-refractivity contribution is -0.121. The molecule has 0 atom stereocenters. The lowest BCUT2D eigenvalue weighted by atomic mass is 10.2. The number of ketones is 1. The number of carbonyl (C=O) groups excluding carboxylic acids is 2. The zero-order chi connectivity index (χ0) is 11.9. The van der Waals surface area contributed by atoms with Crippen LogP contribution in [-0.2, 0) is 9.59 Å². The number of hydrogen-bond acceptors (Lipinski definition) is 2. The molecule has 1 fully saturated rings. The number of nitrogens with zero attached hydrogens (tertiary/aromatic N) is 1. The first-order chi connectivity index (χ1) is 7.49. The van der Waals surface area contributed by atoms with E-state index in [1.54, 1.807) is 22.6 Å². The standard InChI is InChI=1S/C10H6F2INO2/c11-7-1-5(13)2-8(12)10(7)14-4-6(15)3-9(14)16/h1-2H,3-4H2.